The first-order valence-electron chi connectivity index (χ1n) is 4.90. The van der Waals surface area contributed by atoms with Gasteiger partial charge in [0.1, 0.15) is 11.5 Å². The second-order valence-electron chi connectivity index (χ2n) is 4.25. The Morgan fingerprint density at radius 2 is 2.00 bits per heavy atom. The number of phenols is 1. The first kappa shape index (κ1) is 11.1. The van der Waals surface area contributed by atoms with Gasteiger partial charge in [-0.2, -0.15) is 0 Å². The van der Waals surface area contributed by atoms with Gasteiger partial charge in [-0.3, -0.25) is 0 Å². The Bertz CT molecular complexity index is 412. The fraction of sp³-hybridized carbons (Fsp3) is 0.455. The van der Waals surface area contributed by atoms with Crippen LogP contribution in [0.5, 0.6) is 11.5 Å². The topological polar surface area (TPSA) is 55.5 Å². The van der Waals surface area contributed by atoms with Gasteiger partial charge < -0.3 is 15.6 Å². The highest BCUT2D eigenvalue weighted by molar-refractivity contribution is 5.45. The molecule has 0 saturated heterocycles. The number of halogens is 2. The second kappa shape index (κ2) is 3.31. The zero-order chi connectivity index (χ0) is 12.0. The van der Waals surface area contributed by atoms with Gasteiger partial charge in [-0.1, -0.05) is 0 Å². The molecule has 1 fully saturated rings. The van der Waals surface area contributed by atoms with Gasteiger partial charge in [0.05, 0.1) is 12.6 Å². The summed E-state index contributed by atoms with van der Waals surface area (Å²) in [6.45, 7) is 0. The number of methoxy groups -OCH3 is 1. The molecule has 0 unspecified atom stereocenters. The predicted octanol–water partition coefficient (Wildman–Crippen LogP) is 1.98. The molecule has 0 spiro atoms. The summed E-state index contributed by atoms with van der Waals surface area (Å²) in [4.78, 5) is 0. The minimum absolute atomic E-state index is 0.0997. The number of hydrogen-bond acceptors (Lipinski definition) is 3. The molecule has 1 aliphatic rings. The van der Waals surface area contributed by atoms with E-state index in [1.807, 2.05) is 0 Å². The van der Waals surface area contributed by atoms with Crippen molar-refractivity contribution in [3.8, 4) is 11.5 Å². The molecular weight excluding hydrogens is 216 g/mol. The zero-order valence-corrected chi connectivity index (χ0v) is 8.84. The molecule has 0 radical (unpaired) electrons. The lowest BCUT2D eigenvalue weighted by Gasteiger charge is -2.45. The Hall–Kier alpha value is -1.36. The van der Waals surface area contributed by atoms with Gasteiger partial charge in [0.2, 0.25) is 0 Å². The van der Waals surface area contributed by atoms with E-state index in [0.29, 0.717) is 11.3 Å². The Morgan fingerprint density at radius 1 is 1.38 bits per heavy atom. The second-order valence-corrected chi connectivity index (χ2v) is 4.25. The molecule has 0 heterocycles. The van der Waals surface area contributed by atoms with Gasteiger partial charge in [0, 0.05) is 24.5 Å². The third kappa shape index (κ3) is 1.71. The highest BCUT2D eigenvalue weighted by atomic mass is 19.3. The molecule has 1 saturated carbocycles. The summed E-state index contributed by atoms with van der Waals surface area (Å²) < 4.78 is 30.5. The van der Waals surface area contributed by atoms with E-state index in [1.165, 1.54) is 19.2 Å². The highest BCUT2D eigenvalue weighted by Crippen LogP contribution is 2.52. The third-order valence-corrected chi connectivity index (χ3v) is 2.89. The molecule has 2 rings (SSSR count). The van der Waals surface area contributed by atoms with Crippen LogP contribution in [0.2, 0.25) is 0 Å². The zero-order valence-electron chi connectivity index (χ0n) is 8.84. The molecule has 3 N–H and O–H groups in total. The number of hydrogen-bond donors (Lipinski definition) is 2. The number of alkyl halides is 2. The van der Waals surface area contributed by atoms with Crippen molar-refractivity contribution in [2.45, 2.75) is 24.3 Å². The van der Waals surface area contributed by atoms with Gasteiger partial charge in [0.15, 0.2) is 0 Å². The fourth-order valence-electron chi connectivity index (χ4n) is 2.12. The van der Waals surface area contributed by atoms with Crippen molar-refractivity contribution < 1.29 is 18.6 Å². The maximum Gasteiger partial charge on any atom is 0.252 e. The van der Waals surface area contributed by atoms with Crippen LogP contribution >= 0.6 is 0 Å². The van der Waals surface area contributed by atoms with Crippen LogP contribution in [0.3, 0.4) is 0 Å². The lowest BCUT2D eigenvalue weighted by atomic mass is 9.69. The molecule has 1 aliphatic carbocycles. The van der Waals surface area contributed by atoms with Crippen molar-refractivity contribution in [1.82, 2.24) is 0 Å². The van der Waals surface area contributed by atoms with Crippen LogP contribution in [0.4, 0.5) is 8.78 Å². The fourth-order valence-corrected chi connectivity index (χ4v) is 2.12. The van der Waals surface area contributed by atoms with Gasteiger partial charge in [-0.15, -0.1) is 0 Å². The van der Waals surface area contributed by atoms with Crippen LogP contribution in [-0.2, 0) is 5.54 Å². The standard InChI is InChI=1S/C11H13F2NO2/c1-16-7-2-3-8(9(15)4-7)10(14)5-11(12,13)6-10/h2-4,15H,5-6,14H2,1H3. The lowest BCUT2D eigenvalue weighted by molar-refractivity contribution is -0.125. The molecule has 3 nitrogen and oxygen atoms in total. The number of phenolic OH excluding ortho intramolecular Hbond substituents is 1. The van der Waals surface area contributed by atoms with Crippen LogP contribution in [0.25, 0.3) is 0 Å². The van der Waals surface area contributed by atoms with Crippen molar-refractivity contribution in [2.75, 3.05) is 7.11 Å². The van der Waals surface area contributed by atoms with E-state index in [2.05, 4.69) is 0 Å². The Balaban J connectivity index is 2.29. The number of nitrogens with two attached hydrogens (primary N) is 1. The molecule has 0 aliphatic heterocycles. The van der Waals surface area contributed by atoms with Gasteiger partial charge in [0.25, 0.3) is 5.92 Å². The van der Waals surface area contributed by atoms with E-state index in [0.717, 1.165) is 0 Å². The minimum atomic E-state index is -2.72. The smallest absolute Gasteiger partial charge is 0.252 e. The molecule has 1 aromatic rings. The van der Waals surface area contributed by atoms with Crippen molar-refractivity contribution in [2.24, 2.45) is 5.73 Å². The Morgan fingerprint density at radius 3 is 2.44 bits per heavy atom. The molecule has 0 aromatic heterocycles. The highest BCUT2D eigenvalue weighted by Gasteiger charge is 2.56. The number of rotatable bonds is 2. The molecule has 0 atom stereocenters. The maximum absolute atomic E-state index is 12.8. The maximum atomic E-state index is 12.8. The molecule has 88 valence electrons. The summed E-state index contributed by atoms with van der Waals surface area (Å²) in [5.41, 5.74) is 5.03. The first-order chi connectivity index (χ1) is 7.36. The largest absolute Gasteiger partial charge is 0.507 e. The summed E-state index contributed by atoms with van der Waals surface area (Å²) in [6.07, 6.45) is -0.861. The number of aromatic hydroxyl groups is 1. The van der Waals surface area contributed by atoms with E-state index in [9.17, 15) is 13.9 Å². The number of benzene rings is 1. The van der Waals surface area contributed by atoms with Crippen molar-refractivity contribution >= 4 is 0 Å². The summed E-state index contributed by atoms with van der Waals surface area (Å²) in [5.74, 6) is -2.35. The third-order valence-electron chi connectivity index (χ3n) is 2.89. The van der Waals surface area contributed by atoms with E-state index in [-0.39, 0.29) is 5.75 Å². The van der Waals surface area contributed by atoms with E-state index in [1.54, 1.807) is 6.07 Å². The van der Waals surface area contributed by atoms with E-state index in [4.69, 9.17) is 10.5 Å². The summed E-state index contributed by atoms with van der Waals surface area (Å²) in [5, 5.41) is 9.69. The van der Waals surface area contributed by atoms with Gasteiger partial charge in [-0.25, -0.2) is 8.78 Å². The number of ether oxygens (including phenoxy) is 1. The van der Waals surface area contributed by atoms with Crippen molar-refractivity contribution in [1.29, 1.82) is 0 Å². The summed E-state index contributed by atoms with van der Waals surface area (Å²) >= 11 is 0. The quantitative estimate of drug-likeness (QED) is 0.815. The molecule has 0 bridgehead atoms. The van der Waals surface area contributed by atoms with Crippen LogP contribution in [0.15, 0.2) is 18.2 Å². The van der Waals surface area contributed by atoms with Crippen molar-refractivity contribution in [3.05, 3.63) is 23.8 Å². The van der Waals surface area contributed by atoms with E-state index >= 15 is 0 Å². The molecule has 0 amide bonds. The van der Waals surface area contributed by atoms with Crippen LogP contribution in [0.1, 0.15) is 18.4 Å². The van der Waals surface area contributed by atoms with E-state index < -0.39 is 24.3 Å². The van der Waals surface area contributed by atoms with Gasteiger partial charge in [-0.05, 0) is 12.1 Å². The predicted molar refractivity (Wildman–Crippen MR) is 54.7 cm³/mol. The minimum Gasteiger partial charge on any atom is -0.507 e. The van der Waals surface area contributed by atoms with Crippen molar-refractivity contribution in [3.63, 3.8) is 0 Å². The average molecular weight is 229 g/mol. The molecule has 16 heavy (non-hydrogen) atoms. The van der Waals surface area contributed by atoms with Crippen LogP contribution in [0, 0.1) is 0 Å². The van der Waals surface area contributed by atoms with Gasteiger partial charge >= 0.3 is 0 Å². The Kier molecular flexibility index (Phi) is 2.31. The molecular formula is C11H13F2NO2. The van der Waals surface area contributed by atoms with Crippen LogP contribution < -0.4 is 10.5 Å². The van der Waals surface area contributed by atoms with Crippen LogP contribution in [-0.4, -0.2) is 18.1 Å². The summed E-state index contributed by atoms with van der Waals surface area (Å²) in [7, 11) is 1.46. The SMILES string of the molecule is COc1ccc(C2(N)CC(F)(F)C2)c(O)c1. The first-order valence-corrected chi connectivity index (χ1v) is 4.90. The average Bonchev–Trinajstić information content (AvgIpc) is 2.13. The molecule has 1 aromatic carbocycles. The summed E-state index contributed by atoms with van der Waals surface area (Å²) in [6, 6.07) is 4.50. The normalized spacial score (nSPS) is 21.2. The molecule has 5 heteroatoms. The lowest BCUT2D eigenvalue weighted by Crippen LogP contribution is -2.55. The monoisotopic (exact) mass is 229 g/mol. The Labute approximate surface area is 91.8 Å².